The van der Waals surface area contributed by atoms with Gasteiger partial charge in [-0.1, -0.05) is 32.0 Å². The Morgan fingerprint density at radius 3 is 2.83 bits per heavy atom. The maximum absolute atomic E-state index is 6.08. The van der Waals surface area contributed by atoms with Crippen molar-refractivity contribution in [1.82, 2.24) is 5.32 Å². The first kappa shape index (κ1) is 16.1. The minimum Gasteiger partial charge on any atom is -0.490 e. The van der Waals surface area contributed by atoms with E-state index in [4.69, 9.17) is 15.2 Å². The van der Waals surface area contributed by atoms with Gasteiger partial charge in [0.05, 0.1) is 12.6 Å². The van der Waals surface area contributed by atoms with Crippen LogP contribution in [0, 0.1) is 5.41 Å². The normalized spacial score (nSPS) is 29.8. The van der Waals surface area contributed by atoms with Crippen LogP contribution in [0.1, 0.15) is 33.1 Å². The van der Waals surface area contributed by atoms with Crippen molar-refractivity contribution in [3.63, 3.8) is 0 Å². The van der Waals surface area contributed by atoms with Gasteiger partial charge in [-0.15, -0.1) is 0 Å². The molecule has 3 N–H and O–H groups in total. The van der Waals surface area contributed by atoms with E-state index in [0.29, 0.717) is 12.5 Å². The van der Waals surface area contributed by atoms with E-state index in [1.54, 1.807) is 0 Å². The van der Waals surface area contributed by atoms with Crippen molar-refractivity contribution in [2.45, 2.75) is 51.4 Å². The maximum Gasteiger partial charge on any atom is 0.188 e. The van der Waals surface area contributed by atoms with Crippen LogP contribution in [0.2, 0.25) is 0 Å². The molecule has 126 valence electrons. The topological polar surface area (TPSA) is 68.9 Å². The first-order chi connectivity index (χ1) is 11.1. The average molecular weight is 317 g/mol. The fourth-order valence-electron chi connectivity index (χ4n) is 3.21. The number of ether oxygens (including phenoxy) is 2. The highest BCUT2D eigenvalue weighted by molar-refractivity contribution is 5.78. The van der Waals surface area contributed by atoms with Gasteiger partial charge in [-0.05, 0) is 25.0 Å². The molecule has 5 heteroatoms. The Morgan fingerprint density at radius 2 is 2.17 bits per heavy atom. The molecule has 5 nitrogen and oxygen atoms in total. The van der Waals surface area contributed by atoms with Crippen molar-refractivity contribution >= 4 is 5.96 Å². The van der Waals surface area contributed by atoms with E-state index in [1.807, 2.05) is 30.3 Å². The second-order valence-corrected chi connectivity index (χ2v) is 7.03. The molecule has 1 aliphatic carbocycles. The summed E-state index contributed by atoms with van der Waals surface area (Å²) in [6.45, 7) is 5.90. The molecule has 2 fully saturated rings. The van der Waals surface area contributed by atoms with Crippen molar-refractivity contribution < 1.29 is 9.47 Å². The van der Waals surface area contributed by atoms with Crippen LogP contribution in [0.4, 0.5) is 0 Å². The second-order valence-electron chi connectivity index (χ2n) is 7.03. The van der Waals surface area contributed by atoms with Crippen LogP contribution < -0.4 is 15.8 Å². The van der Waals surface area contributed by atoms with E-state index in [2.05, 4.69) is 24.2 Å². The number of guanidine groups is 1. The quantitative estimate of drug-likeness (QED) is 0.646. The number of rotatable bonds is 5. The average Bonchev–Trinajstić information content (AvgIpc) is 3.06. The number of hydrogen-bond donors (Lipinski definition) is 2. The Kier molecular flexibility index (Phi) is 4.76. The number of benzene rings is 1. The molecule has 2 aliphatic rings. The van der Waals surface area contributed by atoms with Crippen molar-refractivity contribution in [3.8, 4) is 5.75 Å². The van der Waals surface area contributed by atoms with Crippen molar-refractivity contribution in [1.29, 1.82) is 0 Å². The molecule has 1 aromatic rings. The number of para-hydroxylation sites is 1. The summed E-state index contributed by atoms with van der Waals surface area (Å²) < 4.78 is 11.6. The van der Waals surface area contributed by atoms with Crippen LogP contribution in [-0.4, -0.2) is 37.4 Å². The summed E-state index contributed by atoms with van der Waals surface area (Å²) in [7, 11) is 0. The minimum atomic E-state index is 0.0137. The van der Waals surface area contributed by atoms with Gasteiger partial charge in [0, 0.05) is 24.5 Å². The number of nitrogens with one attached hydrogen (secondary N) is 1. The minimum absolute atomic E-state index is 0.0137. The molecule has 1 heterocycles. The van der Waals surface area contributed by atoms with E-state index in [1.165, 1.54) is 0 Å². The summed E-state index contributed by atoms with van der Waals surface area (Å²) in [5.41, 5.74) is 6.04. The predicted octanol–water partition coefficient (Wildman–Crippen LogP) is 2.32. The monoisotopic (exact) mass is 317 g/mol. The van der Waals surface area contributed by atoms with Crippen molar-refractivity contribution in [3.05, 3.63) is 30.3 Å². The van der Waals surface area contributed by atoms with Crippen LogP contribution in [0.15, 0.2) is 35.3 Å². The molecule has 0 spiro atoms. The summed E-state index contributed by atoms with van der Waals surface area (Å²) in [6, 6.07) is 10.2. The Morgan fingerprint density at radius 1 is 1.39 bits per heavy atom. The molecule has 1 aromatic carbocycles. The lowest BCUT2D eigenvalue weighted by molar-refractivity contribution is -0.0479. The van der Waals surface area contributed by atoms with E-state index in [-0.39, 0.29) is 23.7 Å². The SMILES string of the molecule is CC1(C)[C@@H](NC(N)=NCC2CCCO2)C[C@H]1Oc1ccccc1. The fraction of sp³-hybridized carbons (Fsp3) is 0.611. The number of nitrogens with two attached hydrogens (primary N) is 1. The number of nitrogens with zero attached hydrogens (tertiary/aromatic N) is 1. The van der Waals surface area contributed by atoms with E-state index < -0.39 is 0 Å². The van der Waals surface area contributed by atoms with Gasteiger partial charge >= 0.3 is 0 Å². The number of hydrogen-bond acceptors (Lipinski definition) is 3. The highest BCUT2D eigenvalue weighted by atomic mass is 16.5. The van der Waals surface area contributed by atoms with Gasteiger partial charge in [-0.25, -0.2) is 0 Å². The largest absolute Gasteiger partial charge is 0.490 e. The molecule has 3 rings (SSSR count). The van der Waals surface area contributed by atoms with Crippen LogP contribution >= 0.6 is 0 Å². The summed E-state index contributed by atoms with van der Waals surface area (Å²) >= 11 is 0. The highest BCUT2D eigenvalue weighted by Crippen LogP contribution is 2.43. The highest BCUT2D eigenvalue weighted by Gasteiger charge is 2.50. The predicted molar refractivity (Wildman–Crippen MR) is 91.6 cm³/mol. The smallest absolute Gasteiger partial charge is 0.188 e. The standard InChI is InChI=1S/C18H27N3O2/c1-18(2)15(11-16(18)23-13-7-4-3-5-8-13)21-17(19)20-12-14-9-6-10-22-14/h3-5,7-8,14-16H,6,9-12H2,1-2H3,(H3,19,20,21)/t14?,15-,16+/m0/s1. The third-order valence-corrected chi connectivity index (χ3v) is 5.01. The molecular formula is C18H27N3O2. The third kappa shape index (κ3) is 3.78. The zero-order valence-electron chi connectivity index (χ0n) is 14.0. The lowest BCUT2D eigenvalue weighted by Gasteiger charge is -2.51. The molecule has 0 amide bonds. The molecule has 0 aromatic heterocycles. The molecular weight excluding hydrogens is 290 g/mol. The molecule has 1 saturated heterocycles. The second kappa shape index (κ2) is 6.79. The van der Waals surface area contributed by atoms with E-state index >= 15 is 0 Å². The molecule has 0 radical (unpaired) electrons. The summed E-state index contributed by atoms with van der Waals surface area (Å²) in [6.07, 6.45) is 3.56. The Labute approximate surface area is 138 Å². The maximum atomic E-state index is 6.08. The summed E-state index contributed by atoms with van der Waals surface area (Å²) in [5.74, 6) is 1.43. The van der Waals surface area contributed by atoms with Crippen LogP contribution in [0.3, 0.4) is 0 Å². The van der Waals surface area contributed by atoms with Gasteiger partial charge in [-0.3, -0.25) is 4.99 Å². The van der Waals surface area contributed by atoms with Gasteiger partial charge < -0.3 is 20.5 Å². The van der Waals surface area contributed by atoms with Gasteiger partial charge in [0.1, 0.15) is 11.9 Å². The van der Waals surface area contributed by atoms with Crippen molar-refractivity contribution in [2.75, 3.05) is 13.2 Å². The number of aliphatic imine (C=N–C) groups is 1. The third-order valence-electron chi connectivity index (χ3n) is 5.01. The Hall–Kier alpha value is -1.75. The van der Waals surface area contributed by atoms with Crippen LogP contribution in [0.25, 0.3) is 0 Å². The first-order valence-corrected chi connectivity index (χ1v) is 8.45. The van der Waals surface area contributed by atoms with Crippen LogP contribution in [0.5, 0.6) is 5.75 Å². The molecule has 0 bridgehead atoms. The van der Waals surface area contributed by atoms with Gasteiger partial charge in [0.2, 0.25) is 0 Å². The van der Waals surface area contributed by atoms with Gasteiger partial charge in [-0.2, -0.15) is 0 Å². The molecule has 3 atom stereocenters. The van der Waals surface area contributed by atoms with Gasteiger partial charge in [0.15, 0.2) is 5.96 Å². The lowest BCUT2D eigenvalue weighted by atomic mass is 9.64. The molecule has 1 aliphatic heterocycles. The fourth-order valence-corrected chi connectivity index (χ4v) is 3.21. The van der Waals surface area contributed by atoms with Crippen LogP contribution in [-0.2, 0) is 4.74 Å². The summed E-state index contributed by atoms with van der Waals surface area (Å²) in [4.78, 5) is 4.42. The van der Waals surface area contributed by atoms with E-state index in [9.17, 15) is 0 Å². The van der Waals surface area contributed by atoms with E-state index in [0.717, 1.165) is 31.6 Å². The zero-order chi connectivity index (χ0) is 16.3. The molecule has 1 saturated carbocycles. The Bertz CT molecular complexity index is 538. The molecule has 1 unspecified atom stereocenters. The Balaban J connectivity index is 1.49. The molecule has 23 heavy (non-hydrogen) atoms. The lowest BCUT2D eigenvalue weighted by Crippen LogP contribution is -2.64. The van der Waals surface area contributed by atoms with Crippen molar-refractivity contribution in [2.24, 2.45) is 16.1 Å². The first-order valence-electron chi connectivity index (χ1n) is 8.45. The zero-order valence-corrected chi connectivity index (χ0v) is 14.0. The van der Waals surface area contributed by atoms with Gasteiger partial charge in [0.25, 0.3) is 0 Å². The summed E-state index contributed by atoms with van der Waals surface area (Å²) in [5, 5.41) is 3.34.